The third-order valence-corrected chi connectivity index (χ3v) is 8.62. The van der Waals surface area contributed by atoms with Crippen molar-refractivity contribution < 1.29 is 26.7 Å². The molecule has 1 atom stereocenters. The summed E-state index contributed by atoms with van der Waals surface area (Å²) in [6.45, 7) is 2.09. The number of alkyl halides is 1. The highest BCUT2D eigenvalue weighted by molar-refractivity contribution is 7.93. The molecule has 2 aliphatic heterocycles. The minimum absolute atomic E-state index is 0. The van der Waals surface area contributed by atoms with E-state index >= 15 is 4.39 Å². The van der Waals surface area contributed by atoms with E-state index in [9.17, 15) is 12.8 Å². The van der Waals surface area contributed by atoms with Gasteiger partial charge in [-0.1, -0.05) is 12.1 Å². The first-order chi connectivity index (χ1) is 14.8. The van der Waals surface area contributed by atoms with Crippen LogP contribution in [0, 0.1) is 11.7 Å². The van der Waals surface area contributed by atoms with Crippen molar-refractivity contribution in [2.75, 3.05) is 27.3 Å². The molecule has 0 aromatic heterocycles. The van der Waals surface area contributed by atoms with Crippen LogP contribution >= 0.6 is 12.4 Å². The highest BCUT2D eigenvalue weighted by Gasteiger charge is 2.53. The number of likely N-dealkylation sites (tertiary alicyclic amines) is 1. The molecule has 0 saturated carbocycles. The topological polar surface area (TPSA) is 55.8 Å². The largest absolute Gasteiger partial charge is 0.493 e. The van der Waals surface area contributed by atoms with Gasteiger partial charge in [0.25, 0.3) is 0 Å². The summed E-state index contributed by atoms with van der Waals surface area (Å²) in [5.74, 6) is 0.388. The SMILES string of the molecule is COc1cc2c(cc1OC)S(=O)(=O)C(F)(CC1CCN(Cc3cccc(F)c3)CC1)C2.Cl. The second-order valence-corrected chi connectivity index (χ2v) is 10.6. The summed E-state index contributed by atoms with van der Waals surface area (Å²) in [4.78, 5) is 2.19. The molecular formula is C23H28ClF2NO4S. The predicted molar refractivity (Wildman–Crippen MR) is 121 cm³/mol. The van der Waals surface area contributed by atoms with Crippen LogP contribution in [-0.2, 0) is 22.8 Å². The average molecular weight is 488 g/mol. The summed E-state index contributed by atoms with van der Waals surface area (Å²) in [7, 11) is -1.24. The lowest BCUT2D eigenvalue weighted by Gasteiger charge is -2.34. The maximum atomic E-state index is 15.9. The number of hydrogen-bond acceptors (Lipinski definition) is 5. The Morgan fingerprint density at radius 1 is 1.09 bits per heavy atom. The highest BCUT2D eigenvalue weighted by Crippen LogP contribution is 2.48. The van der Waals surface area contributed by atoms with E-state index in [1.807, 2.05) is 6.07 Å². The Morgan fingerprint density at radius 2 is 1.75 bits per heavy atom. The average Bonchev–Trinajstić information content (AvgIpc) is 2.93. The summed E-state index contributed by atoms with van der Waals surface area (Å²) in [6.07, 6.45) is 1.22. The number of hydrogen-bond donors (Lipinski definition) is 0. The predicted octanol–water partition coefficient (Wildman–Crippen LogP) is 4.56. The molecule has 5 nitrogen and oxygen atoms in total. The van der Waals surface area contributed by atoms with Gasteiger partial charge in [0.15, 0.2) is 11.5 Å². The molecule has 0 radical (unpaired) electrons. The Kier molecular flexibility index (Phi) is 7.37. The van der Waals surface area contributed by atoms with Gasteiger partial charge in [0.05, 0.1) is 19.1 Å². The molecular weight excluding hydrogens is 460 g/mol. The second kappa shape index (κ2) is 9.53. The monoisotopic (exact) mass is 487 g/mol. The van der Waals surface area contributed by atoms with Gasteiger partial charge in [-0.3, -0.25) is 4.90 Å². The van der Waals surface area contributed by atoms with Crippen LogP contribution < -0.4 is 9.47 Å². The van der Waals surface area contributed by atoms with Gasteiger partial charge < -0.3 is 9.47 Å². The molecule has 1 unspecified atom stereocenters. The van der Waals surface area contributed by atoms with Crippen molar-refractivity contribution in [3.05, 3.63) is 53.3 Å². The molecule has 2 aliphatic rings. The van der Waals surface area contributed by atoms with E-state index in [0.717, 1.165) is 18.7 Å². The second-order valence-electron chi connectivity index (χ2n) is 8.43. The Hall–Kier alpha value is -1.90. The van der Waals surface area contributed by atoms with E-state index in [1.54, 1.807) is 12.1 Å². The van der Waals surface area contributed by atoms with Gasteiger partial charge in [0.2, 0.25) is 14.8 Å². The standard InChI is InChI=1S/C23H27F2NO4S.ClH/c1-29-20-11-18-14-23(25,31(27,28)22(18)12-21(20)30-2)13-16-6-8-26(9-7-16)15-17-4-3-5-19(24)10-17;/h3-5,10-12,16H,6-9,13-15H2,1-2H3;1H. The van der Waals surface area contributed by atoms with Gasteiger partial charge >= 0.3 is 0 Å². The van der Waals surface area contributed by atoms with E-state index < -0.39 is 14.8 Å². The smallest absolute Gasteiger partial charge is 0.219 e. The number of benzene rings is 2. The Bertz CT molecular complexity index is 1070. The van der Waals surface area contributed by atoms with Crippen LogP contribution in [0.3, 0.4) is 0 Å². The maximum Gasteiger partial charge on any atom is 0.219 e. The van der Waals surface area contributed by atoms with Gasteiger partial charge in [-0.05, 0) is 67.6 Å². The molecule has 2 heterocycles. The zero-order chi connectivity index (χ0) is 22.2. The maximum absolute atomic E-state index is 15.9. The summed E-state index contributed by atoms with van der Waals surface area (Å²) in [5, 5.41) is -2.32. The fourth-order valence-electron chi connectivity index (χ4n) is 4.72. The Labute approximate surface area is 194 Å². The van der Waals surface area contributed by atoms with Crippen molar-refractivity contribution in [1.29, 1.82) is 0 Å². The molecule has 0 bridgehead atoms. The molecule has 1 fully saturated rings. The third kappa shape index (κ3) is 4.58. The number of sulfone groups is 1. The zero-order valence-corrected chi connectivity index (χ0v) is 19.8. The minimum Gasteiger partial charge on any atom is -0.493 e. The van der Waals surface area contributed by atoms with Crippen molar-refractivity contribution >= 4 is 22.2 Å². The van der Waals surface area contributed by atoms with E-state index in [1.165, 1.54) is 32.4 Å². The highest BCUT2D eigenvalue weighted by atomic mass is 35.5. The van der Waals surface area contributed by atoms with Gasteiger partial charge in [0.1, 0.15) is 5.82 Å². The first kappa shape index (κ1) is 24.7. The molecule has 2 aromatic rings. The molecule has 0 N–H and O–H groups in total. The lowest BCUT2D eigenvalue weighted by atomic mass is 9.89. The molecule has 4 rings (SSSR count). The molecule has 2 aromatic carbocycles. The number of piperidine rings is 1. The number of ether oxygens (including phenoxy) is 2. The van der Waals surface area contributed by atoms with Crippen molar-refractivity contribution in [2.24, 2.45) is 5.92 Å². The van der Waals surface area contributed by atoms with Crippen LogP contribution in [0.25, 0.3) is 0 Å². The molecule has 176 valence electrons. The fraction of sp³-hybridized carbons (Fsp3) is 0.478. The van der Waals surface area contributed by atoms with Gasteiger partial charge in [0, 0.05) is 19.0 Å². The number of methoxy groups -OCH3 is 2. The Morgan fingerprint density at radius 3 is 2.38 bits per heavy atom. The lowest BCUT2D eigenvalue weighted by Crippen LogP contribution is -2.39. The van der Waals surface area contributed by atoms with Crippen LogP contribution in [0.1, 0.15) is 30.4 Å². The first-order valence-corrected chi connectivity index (χ1v) is 11.9. The molecule has 9 heteroatoms. The summed E-state index contributed by atoms with van der Waals surface area (Å²) >= 11 is 0. The van der Waals surface area contributed by atoms with E-state index in [0.29, 0.717) is 30.7 Å². The van der Waals surface area contributed by atoms with Crippen molar-refractivity contribution in [3.63, 3.8) is 0 Å². The van der Waals surface area contributed by atoms with Crippen LogP contribution in [0.4, 0.5) is 8.78 Å². The van der Waals surface area contributed by atoms with Gasteiger partial charge in [-0.15, -0.1) is 12.4 Å². The first-order valence-electron chi connectivity index (χ1n) is 10.4. The summed E-state index contributed by atoms with van der Waals surface area (Å²) in [6, 6.07) is 9.45. The normalized spacial score (nSPS) is 22.8. The number of halogens is 3. The van der Waals surface area contributed by atoms with Gasteiger partial charge in [-0.2, -0.15) is 0 Å². The van der Waals surface area contributed by atoms with Crippen LogP contribution in [0.15, 0.2) is 41.3 Å². The lowest BCUT2D eigenvalue weighted by molar-refractivity contribution is 0.135. The Balaban J connectivity index is 0.00000289. The van der Waals surface area contributed by atoms with E-state index in [4.69, 9.17) is 9.47 Å². The molecule has 1 saturated heterocycles. The van der Waals surface area contributed by atoms with E-state index in [2.05, 4.69) is 4.90 Å². The summed E-state index contributed by atoms with van der Waals surface area (Å²) < 4.78 is 65.9. The molecule has 0 amide bonds. The fourth-order valence-corrected chi connectivity index (χ4v) is 6.66. The minimum atomic E-state index is -4.13. The molecule has 32 heavy (non-hydrogen) atoms. The molecule has 0 aliphatic carbocycles. The number of nitrogens with zero attached hydrogens (tertiary/aromatic N) is 1. The van der Waals surface area contributed by atoms with Crippen LogP contribution in [-0.4, -0.2) is 45.6 Å². The van der Waals surface area contributed by atoms with Crippen LogP contribution in [0.5, 0.6) is 11.5 Å². The van der Waals surface area contributed by atoms with Crippen molar-refractivity contribution in [3.8, 4) is 11.5 Å². The number of rotatable bonds is 6. The quantitative estimate of drug-likeness (QED) is 0.597. The van der Waals surface area contributed by atoms with E-state index in [-0.39, 0.29) is 47.6 Å². The van der Waals surface area contributed by atoms with Crippen LogP contribution in [0.2, 0.25) is 0 Å². The zero-order valence-electron chi connectivity index (χ0n) is 18.1. The third-order valence-electron chi connectivity index (χ3n) is 6.39. The summed E-state index contributed by atoms with van der Waals surface area (Å²) in [5.41, 5.74) is 1.33. The molecule has 0 spiro atoms. The number of fused-ring (bicyclic) bond motifs is 1. The van der Waals surface area contributed by atoms with Gasteiger partial charge in [-0.25, -0.2) is 17.2 Å². The van der Waals surface area contributed by atoms with Crippen molar-refractivity contribution in [2.45, 2.75) is 42.1 Å². The van der Waals surface area contributed by atoms with Crippen molar-refractivity contribution in [1.82, 2.24) is 4.90 Å².